The van der Waals surface area contributed by atoms with Gasteiger partial charge >= 0.3 is 11.9 Å². The number of carboxylic acid groups (broad SMARTS) is 1. The smallest absolute Gasteiger partial charge is 0.339 e. The summed E-state index contributed by atoms with van der Waals surface area (Å²) < 4.78 is 10.9. The van der Waals surface area contributed by atoms with Crippen molar-refractivity contribution >= 4 is 11.9 Å². The summed E-state index contributed by atoms with van der Waals surface area (Å²) in [7, 11) is 0. The SMILES string of the molecule is CCCCCC(=O)OCCCCCCCCCCCCCCCCOc1ccccc1C(=O)O. The van der Waals surface area contributed by atoms with Crippen LogP contribution in [0.5, 0.6) is 5.75 Å². The fraction of sp³-hybridized carbons (Fsp3) is 0.724. The van der Waals surface area contributed by atoms with Crippen LogP contribution in [0.25, 0.3) is 0 Å². The lowest BCUT2D eigenvalue weighted by molar-refractivity contribution is -0.143. The van der Waals surface area contributed by atoms with E-state index in [-0.39, 0.29) is 11.5 Å². The summed E-state index contributed by atoms with van der Waals surface area (Å²) in [6, 6.07) is 6.82. The molecule has 34 heavy (non-hydrogen) atoms. The molecule has 5 nitrogen and oxygen atoms in total. The van der Waals surface area contributed by atoms with Crippen molar-refractivity contribution in [3.8, 4) is 5.75 Å². The molecule has 1 aromatic carbocycles. The maximum Gasteiger partial charge on any atom is 0.339 e. The van der Waals surface area contributed by atoms with Crippen LogP contribution in [0.3, 0.4) is 0 Å². The Hall–Kier alpha value is -2.04. The van der Waals surface area contributed by atoms with E-state index in [4.69, 9.17) is 14.6 Å². The van der Waals surface area contributed by atoms with Gasteiger partial charge in [0.15, 0.2) is 0 Å². The molecule has 1 aromatic rings. The third kappa shape index (κ3) is 16.6. The van der Waals surface area contributed by atoms with Gasteiger partial charge in [0.2, 0.25) is 0 Å². The van der Waals surface area contributed by atoms with Crippen LogP contribution in [0.4, 0.5) is 0 Å². The van der Waals surface area contributed by atoms with Gasteiger partial charge in [0, 0.05) is 6.42 Å². The Balaban J connectivity index is 1.78. The van der Waals surface area contributed by atoms with Gasteiger partial charge in [0.25, 0.3) is 0 Å². The first-order valence-electron chi connectivity index (χ1n) is 13.8. The number of carbonyl (C=O) groups is 2. The van der Waals surface area contributed by atoms with Crippen molar-refractivity contribution in [2.75, 3.05) is 13.2 Å². The Morgan fingerprint density at radius 3 is 1.71 bits per heavy atom. The Morgan fingerprint density at radius 1 is 0.676 bits per heavy atom. The molecule has 1 N–H and O–H groups in total. The molecule has 0 bridgehead atoms. The number of aromatic carboxylic acids is 1. The van der Waals surface area contributed by atoms with Crippen LogP contribution in [0.1, 0.15) is 133 Å². The molecule has 0 heterocycles. The van der Waals surface area contributed by atoms with Crippen molar-refractivity contribution in [1.29, 1.82) is 0 Å². The van der Waals surface area contributed by atoms with Gasteiger partial charge in [-0.3, -0.25) is 4.79 Å². The van der Waals surface area contributed by atoms with Gasteiger partial charge in [-0.05, 0) is 31.4 Å². The monoisotopic (exact) mass is 476 g/mol. The molecule has 0 aromatic heterocycles. The molecule has 0 saturated carbocycles. The maximum absolute atomic E-state index is 11.5. The minimum Gasteiger partial charge on any atom is -0.493 e. The lowest BCUT2D eigenvalue weighted by Gasteiger charge is -2.08. The van der Waals surface area contributed by atoms with Crippen LogP contribution >= 0.6 is 0 Å². The van der Waals surface area contributed by atoms with Gasteiger partial charge in [0.1, 0.15) is 11.3 Å². The molecule has 0 aliphatic carbocycles. The van der Waals surface area contributed by atoms with Crippen LogP contribution in [0.2, 0.25) is 0 Å². The number of hydrogen-bond donors (Lipinski definition) is 1. The zero-order valence-electron chi connectivity index (χ0n) is 21.5. The zero-order valence-corrected chi connectivity index (χ0v) is 21.5. The van der Waals surface area contributed by atoms with Crippen LogP contribution < -0.4 is 4.74 Å². The molecule has 5 heteroatoms. The number of unbranched alkanes of at least 4 members (excludes halogenated alkanes) is 15. The summed E-state index contributed by atoms with van der Waals surface area (Å²) >= 11 is 0. The predicted molar refractivity (Wildman–Crippen MR) is 139 cm³/mol. The molecule has 0 aliphatic heterocycles. The summed E-state index contributed by atoms with van der Waals surface area (Å²) in [5.41, 5.74) is 0.235. The number of carboxylic acids is 1. The molecule has 0 amide bonds. The molecule has 0 saturated heterocycles. The van der Waals surface area contributed by atoms with Crippen molar-refractivity contribution in [1.82, 2.24) is 0 Å². The molecular weight excluding hydrogens is 428 g/mol. The van der Waals surface area contributed by atoms with E-state index in [0.29, 0.717) is 25.4 Å². The highest BCUT2D eigenvalue weighted by atomic mass is 16.5. The molecule has 0 spiro atoms. The first kappa shape index (κ1) is 30.0. The van der Waals surface area contributed by atoms with Crippen molar-refractivity contribution in [2.45, 2.75) is 122 Å². The van der Waals surface area contributed by atoms with E-state index < -0.39 is 5.97 Å². The van der Waals surface area contributed by atoms with Gasteiger partial charge in [-0.15, -0.1) is 0 Å². The number of rotatable bonds is 23. The topological polar surface area (TPSA) is 72.8 Å². The summed E-state index contributed by atoms with van der Waals surface area (Å²) in [6.45, 7) is 3.31. The Labute approximate surface area is 207 Å². The fourth-order valence-electron chi connectivity index (χ4n) is 4.05. The number of para-hydroxylation sites is 1. The number of benzene rings is 1. The molecule has 194 valence electrons. The van der Waals surface area contributed by atoms with Gasteiger partial charge in [-0.2, -0.15) is 0 Å². The number of hydrogen-bond acceptors (Lipinski definition) is 4. The van der Waals surface area contributed by atoms with Crippen LogP contribution in [-0.2, 0) is 9.53 Å². The second-order valence-electron chi connectivity index (χ2n) is 9.28. The summed E-state index contributed by atoms with van der Waals surface area (Å²) in [4.78, 5) is 22.7. The third-order valence-electron chi connectivity index (χ3n) is 6.16. The van der Waals surface area contributed by atoms with Gasteiger partial charge in [-0.1, -0.05) is 109 Å². The molecule has 0 aliphatic rings. The largest absolute Gasteiger partial charge is 0.493 e. The van der Waals surface area contributed by atoms with Crippen molar-refractivity contribution in [3.63, 3.8) is 0 Å². The van der Waals surface area contributed by atoms with E-state index >= 15 is 0 Å². The minimum atomic E-state index is -0.941. The highest BCUT2D eigenvalue weighted by molar-refractivity contribution is 5.90. The molecular formula is C29H48O5. The maximum atomic E-state index is 11.5. The predicted octanol–water partition coefficient (Wildman–Crippen LogP) is 8.35. The highest BCUT2D eigenvalue weighted by Crippen LogP contribution is 2.18. The second kappa shape index (κ2) is 21.5. The molecule has 0 radical (unpaired) electrons. The molecule has 0 unspecified atom stereocenters. The molecule has 1 rings (SSSR count). The number of ether oxygens (including phenoxy) is 2. The Bertz CT molecular complexity index is 643. The summed E-state index contributed by atoms with van der Waals surface area (Å²) in [6.07, 6.45) is 21.1. The first-order chi connectivity index (χ1) is 16.6. The van der Waals surface area contributed by atoms with Crippen LogP contribution in [0, 0.1) is 0 Å². The van der Waals surface area contributed by atoms with E-state index in [1.54, 1.807) is 24.3 Å². The van der Waals surface area contributed by atoms with E-state index in [9.17, 15) is 9.59 Å². The van der Waals surface area contributed by atoms with Crippen molar-refractivity contribution < 1.29 is 24.2 Å². The highest BCUT2D eigenvalue weighted by Gasteiger charge is 2.09. The van der Waals surface area contributed by atoms with E-state index in [1.165, 1.54) is 70.6 Å². The normalized spacial score (nSPS) is 10.9. The third-order valence-corrected chi connectivity index (χ3v) is 6.16. The summed E-state index contributed by atoms with van der Waals surface area (Å²) in [5.74, 6) is -0.501. The second-order valence-corrected chi connectivity index (χ2v) is 9.28. The van der Waals surface area contributed by atoms with Crippen molar-refractivity contribution in [3.05, 3.63) is 29.8 Å². The lowest BCUT2D eigenvalue weighted by Crippen LogP contribution is -2.05. The van der Waals surface area contributed by atoms with Gasteiger partial charge in [0.05, 0.1) is 13.2 Å². The van der Waals surface area contributed by atoms with Crippen LogP contribution in [0.15, 0.2) is 24.3 Å². The van der Waals surface area contributed by atoms with E-state index in [2.05, 4.69) is 6.92 Å². The Kier molecular flexibility index (Phi) is 19.0. The average molecular weight is 477 g/mol. The minimum absolute atomic E-state index is 0.0263. The van der Waals surface area contributed by atoms with Crippen molar-refractivity contribution in [2.24, 2.45) is 0 Å². The van der Waals surface area contributed by atoms with Gasteiger partial charge in [-0.25, -0.2) is 4.79 Å². The standard InChI is InChI=1S/C29H48O5/c1-2-3-16-23-28(30)34-25-20-15-13-11-9-7-5-4-6-8-10-12-14-19-24-33-27-22-18-17-21-26(27)29(31)32/h17-18,21-22H,2-16,19-20,23-25H2,1H3,(H,31,32). The zero-order chi connectivity index (χ0) is 24.7. The van der Waals surface area contributed by atoms with Gasteiger partial charge < -0.3 is 14.6 Å². The quantitative estimate of drug-likeness (QED) is 0.127. The number of carbonyl (C=O) groups excluding carboxylic acids is 1. The van der Waals surface area contributed by atoms with E-state index in [0.717, 1.165) is 38.5 Å². The Morgan fingerprint density at radius 2 is 1.18 bits per heavy atom. The van der Waals surface area contributed by atoms with E-state index in [1.807, 2.05) is 0 Å². The van der Waals surface area contributed by atoms with Crippen LogP contribution in [-0.4, -0.2) is 30.3 Å². The fourth-order valence-corrected chi connectivity index (χ4v) is 4.05. The lowest BCUT2D eigenvalue weighted by atomic mass is 10.0. The molecule has 0 atom stereocenters. The first-order valence-corrected chi connectivity index (χ1v) is 13.8. The number of esters is 1. The average Bonchev–Trinajstić information content (AvgIpc) is 2.83. The molecule has 0 fully saturated rings. The summed E-state index contributed by atoms with van der Waals surface area (Å²) in [5, 5.41) is 9.16.